The van der Waals surface area contributed by atoms with E-state index in [4.69, 9.17) is 0 Å². The number of piperidine rings is 2. The standard InChI is InChI=1S/C20H31N3O3S.ClH/c1-3-27(25,26)23-13-10-20(11-14-23,17-7-5-4-6-8-17)19(24)22-18-9-12-21-15-16(18)2;/h4-8,16,18,21H,3,9-15H2,1-2H3,(H,22,24);1H. The summed E-state index contributed by atoms with van der Waals surface area (Å²) in [6.07, 6.45) is 1.96. The molecule has 2 unspecified atom stereocenters. The molecule has 8 heteroatoms. The van der Waals surface area contributed by atoms with Gasteiger partial charge in [-0.2, -0.15) is 0 Å². The number of rotatable bonds is 5. The minimum absolute atomic E-state index is 0. The molecule has 0 spiro atoms. The molecule has 28 heavy (non-hydrogen) atoms. The second kappa shape index (κ2) is 9.57. The third-order valence-corrected chi connectivity index (χ3v) is 8.08. The van der Waals surface area contributed by atoms with E-state index in [1.807, 2.05) is 30.3 Å². The van der Waals surface area contributed by atoms with Crippen molar-refractivity contribution >= 4 is 28.3 Å². The average Bonchev–Trinajstić information content (AvgIpc) is 2.70. The van der Waals surface area contributed by atoms with Crippen molar-refractivity contribution in [2.75, 3.05) is 31.9 Å². The van der Waals surface area contributed by atoms with Crippen LogP contribution in [-0.4, -0.2) is 56.6 Å². The molecular formula is C20H32ClN3O3S. The van der Waals surface area contributed by atoms with Gasteiger partial charge >= 0.3 is 0 Å². The summed E-state index contributed by atoms with van der Waals surface area (Å²) < 4.78 is 26.0. The summed E-state index contributed by atoms with van der Waals surface area (Å²) in [5, 5.41) is 6.66. The van der Waals surface area contributed by atoms with E-state index >= 15 is 0 Å². The van der Waals surface area contributed by atoms with Gasteiger partial charge < -0.3 is 10.6 Å². The summed E-state index contributed by atoms with van der Waals surface area (Å²) in [5.41, 5.74) is 0.323. The number of benzene rings is 1. The molecule has 0 radical (unpaired) electrons. The zero-order valence-electron chi connectivity index (χ0n) is 16.7. The van der Waals surface area contributed by atoms with Crippen molar-refractivity contribution < 1.29 is 13.2 Å². The van der Waals surface area contributed by atoms with Gasteiger partial charge in [-0.1, -0.05) is 37.3 Å². The minimum atomic E-state index is -3.22. The molecule has 0 aliphatic carbocycles. The van der Waals surface area contributed by atoms with Crippen LogP contribution in [0.1, 0.15) is 38.7 Å². The van der Waals surface area contributed by atoms with Gasteiger partial charge in [-0.05, 0) is 50.8 Å². The van der Waals surface area contributed by atoms with Gasteiger partial charge in [0.2, 0.25) is 15.9 Å². The van der Waals surface area contributed by atoms with Crippen LogP contribution >= 0.6 is 12.4 Å². The number of carbonyl (C=O) groups excluding carboxylic acids is 1. The number of carbonyl (C=O) groups is 1. The first-order valence-corrected chi connectivity index (χ1v) is 11.5. The van der Waals surface area contributed by atoms with Gasteiger partial charge in [0.25, 0.3) is 0 Å². The lowest BCUT2D eigenvalue weighted by atomic mass is 9.72. The van der Waals surface area contributed by atoms with Gasteiger partial charge in [-0.15, -0.1) is 12.4 Å². The molecule has 3 rings (SSSR count). The van der Waals surface area contributed by atoms with Gasteiger partial charge in [0, 0.05) is 19.1 Å². The fraction of sp³-hybridized carbons (Fsp3) is 0.650. The first kappa shape index (κ1) is 23.1. The van der Waals surface area contributed by atoms with Crippen molar-refractivity contribution in [1.29, 1.82) is 0 Å². The molecule has 1 aromatic rings. The highest BCUT2D eigenvalue weighted by molar-refractivity contribution is 7.89. The quantitative estimate of drug-likeness (QED) is 0.749. The SMILES string of the molecule is CCS(=O)(=O)N1CCC(C(=O)NC2CCNCC2C)(c2ccccc2)CC1.Cl. The molecule has 2 aliphatic heterocycles. The predicted molar refractivity (Wildman–Crippen MR) is 114 cm³/mol. The summed E-state index contributed by atoms with van der Waals surface area (Å²) >= 11 is 0. The second-order valence-corrected chi connectivity index (χ2v) is 10.1. The van der Waals surface area contributed by atoms with E-state index in [0.29, 0.717) is 31.8 Å². The molecule has 0 bridgehead atoms. The van der Waals surface area contributed by atoms with Crippen molar-refractivity contribution in [3.8, 4) is 0 Å². The van der Waals surface area contributed by atoms with Crippen LogP contribution in [0.4, 0.5) is 0 Å². The monoisotopic (exact) mass is 429 g/mol. The van der Waals surface area contributed by atoms with Crippen LogP contribution in [-0.2, 0) is 20.2 Å². The average molecular weight is 430 g/mol. The first-order valence-electron chi connectivity index (χ1n) is 9.94. The Hall–Kier alpha value is -1.15. The lowest BCUT2D eigenvalue weighted by molar-refractivity contribution is -0.129. The largest absolute Gasteiger partial charge is 0.352 e. The normalized spacial score (nSPS) is 25.5. The van der Waals surface area contributed by atoms with E-state index in [1.165, 1.54) is 4.31 Å². The second-order valence-electron chi connectivity index (χ2n) is 7.80. The third kappa shape index (κ3) is 4.70. The van der Waals surface area contributed by atoms with Crippen molar-refractivity contribution in [1.82, 2.24) is 14.9 Å². The number of sulfonamides is 1. The Morgan fingerprint density at radius 1 is 1.25 bits per heavy atom. The van der Waals surface area contributed by atoms with E-state index in [0.717, 1.165) is 25.1 Å². The smallest absolute Gasteiger partial charge is 0.230 e. The van der Waals surface area contributed by atoms with Gasteiger partial charge in [0.1, 0.15) is 0 Å². The van der Waals surface area contributed by atoms with Crippen LogP contribution in [0.15, 0.2) is 30.3 Å². The van der Waals surface area contributed by atoms with Crippen molar-refractivity contribution in [2.45, 2.75) is 44.6 Å². The van der Waals surface area contributed by atoms with Crippen molar-refractivity contribution in [2.24, 2.45) is 5.92 Å². The maximum atomic E-state index is 13.5. The van der Waals surface area contributed by atoms with E-state index in [-0.39, 0.29) is 30.1 Å². The van der Waals surface area contributed by atoms with E-state index in [1.54, 1.807) is 6.92 Å². The number of hydrogen-bond donors (Lipinski definition) is 2. The fourth-order valence-corrected chi connectivity index (χ4v) is 5.37. The molecule has 158 valence electrons. The molecule has 6 nitrogen and oxygen atoms in total. The number of hydrogen-bond acceptors (Lipinski definition) is 4. The third-order valence-electron chi connectivity index (χ3n) is 6.20. The predicted octanol–water partition coefficient (Wildman–Crippen LogP) is 1.91. The van der Waals surface area contributed by atoms with Gasteiger partial charge in [0.05, 0.1) is 11.2 Å². The molecule has 1 amide bonds. The molecule has 2 N–H and O–H groups in total. The summed E-state index contributed by atoms with van der Waals surface area (Å²) in [7, 11) is -3.22. The molecule has 2 aliphatic rings. The van der Waals surface area contributed by atoms with Crippen LogP contribution in [0, 0.1) is 5.92 Å². The number of nitrogens with zero attached hydrogens (tertiary/aromatic N) is 1. The Morgan fingerprint density at radius 2 is 1.89 bits per heavy atom. The molecule has 0 aromatic heterocycles. The molecule has 2 fully saturated rings. The minimum Gasteiger partial charge on any atom is -0.352 e. The van der Waals surface area contributed by atoms with E-state index < -0.39 is 15.4 Å². The highest BCUT2D eigenvalue weighted by Gasteiger charge is 2.45. The molecular weight excluding hydrogens is 398 g/mol. The van der Waals surface area contributed by atoms with Crippen LogP contribution in [0.25, 0.3) is 0 Å². The van der Waals surface area contributed by atoms with Crippen LogP contribution < -0.4 is 10.6 Å². The number of amides is 1. The lowest BCUT2D eigenvalue weighted by Gasteiger charge is -2.42. The van der Waals surface area contributed by atoms with Gasteiger partial charge in [0.15, 0.2) is 0 Å². The molecule has 2 heterocycles. The maximum Gasteiger partial charge on any atom is 0.230 e. The highest BCUT2D eigenvalue weighted by atomic mass is 35.5. The number of nitrogens with one attached hydrogen (secondary N) is 2. The maximum absolute atomic E-state index is 13.5. The Balaban J connectivity index is 0.00000280. The fourth-order valence-electron chi connectivity index (χ4n) is 4.27. The summed E-state index contributed by atoms with van der Waals surface area (Å²) in [5.74, 6) is 0.529. The van der Waals surface area contributed by atoms with Crippen LogP contribution in [0.3, 0.4) is 0 Å². The number of halogens is 1. The van der Waals surface area contributed by atoms with Crippen LogP contribution in [0.2, 0.25) is 0 Å². The molecule has 0 saturated carbocycles. The Kier molecular flexibility index (Phi) is 7.90. The summed E-state index contributed by atoms with van der Waals surface area (Å²) in [4.78, 5) is 13.5. The molecule has 2 atom stereocenters. The van der Waals surface area contributed by atoms with Crippen molar-refractivity contribution in [3.05, 3.63) is 35.9 Å². The topological polar surface area (TPSA) is 78.5 Å². The zero-order chi connectivity index (χ0) is 19.5. The molecule has 1 aromatic carbocycles. The first-order chi connectivity index (χ1) is 12.9. The van der Waals surface area contributed by atoms with Crippen LogP contribution in [0.5, 0.6) is 0 Å². The lowest BCUT2D eigenvalue weighted by Crippen LogP contribution is -2.57. The van der Waals surface area contributed by atoms with Crippen molar-refractivity contribution in [3.63, 3.8) is 0 Å². The summed E-state index contributed by atoms with van der Waals surface area (Å²) in [6, 6.07) is 10.0. The Labute approximate surface area is 174 Å². The highest BCUT2D eigenvalue weighted by Crippen LogP contribution is 2.37. The Morgan fingerprint density at radius 3 is 2.46 bits per heavy atom. The van der Waals surface area contributed by atoms with Gasteiger partial charge in [-0.3, -0.25) is 4.79 Å². The zero-order valence-corrected chi connectivity index (χ0v) is 18.3. The van der Waals surface area contributed by atoms with E-state index in [2.05, 4.69) is 17.6 Å². The van der Waals surface area contributed by atoms with Gasteiger partial charge in [-0.25, -0.2) is 12.7 Å². The molecule has 2 saturated heterocycles. The Bertz CT molecular complexity index is 749. The van der Waals surface area contributed by atoms with E-state index in [9.17, 15) is 13.2 Å². The summed E-state index contributed by atoms with van der Waals surface area (Å²) in [6.45, 7) is 6.42.